The van der Waals surface area contributed by atoms with E-state index in [1.165, 1.54) is 0 Å². The SMILES string of the molecule is Cc1cc(C(=O)N2CC(CC(=O)c3ccccn3)C2)ccc1CS(=O)(=O)c1cccc2cccnc12. The average Bonchev–Trinajstić information content (AvgIpc) is 2.86. The molecular weight excluding hydrogens is 474 g/mol. The number of amides is 1. The molecule has 8 heteroatoms. The van der Waals surface area contributed by atoms with Crippen LogP contribution in [0.1, 0.15) is 38.4 Å². The molecule has 5 rings (SSSR count). The Bertz CT molecular complexity index is 1560. The van der Waals surface area contributed by atoms with Gasteiger partial charge in [-0.15, -0.1) is 0 Å². The lowest BCUT2D eigenvalue weighted by Gasteiger charge is -2.39. The normalized spacial score (nSPS) is 14.0. The van der Waals surface area contributed by atoms with Crippen LogP contribution in [0.15, 0.2) is 84.0 Å². The minimum absolute atomic E-state index is 0.0181. The number of aromatic nitrogens is 2. The Kier molecular flexibility index (Phi) is 6.36. The van der Waals surface area contributed by atoms with Crippen molar-refractivity contribution in [3.63, 3.8) is 0 Å². The highest BCUT2D eigenvalue weighted by Gasteiger charge is 2.33. The molecule has 36 heavy (non-hydrogen) atoms. The van der Waals surface area contributed by atoms with Crippen LogP contribution in [0, 0.1) is 12.8 Å². The topological polar surface area (TPSA) is 97.3 Å². The number of Topliss-reactive ketones (excluding diaryl/α,β-unsaturated/α-hetero) is 1. The number of rotatable bonds is 7. The van der Waals surface area contributed by atoms with E-state index in [2.05, 4.69) is 9.97 Å². The van der Waals surface area contributed by atoms with Gasteiger partial charge in [-0.2, -0.15) is 0 Å². The van der Waals surface area contributed by atoms with E-state index in [0.717, 1.165) is 10.9 Å². The molecule has 1 aliphatic rings. The summed E-state index contributed by atoms with van der Waals surface area (Å²) in [5, 5.41) is 0.769. The Labute approximate surface area is 209 Å². The van der Waals surface area contributed by atoms with E-state index in [9.17, 15) is 18.0 Å². The van der Waals surface area contributed by atoms with Crippen LogP contribution >= 0.6 is 0 Å². The summed E-state index contributed by atoms with van der Waals surface area (Å²) in [4.78, 5) is 35.6. The number of nitrogens with zero attached hydrogens (tertiary/aromatic N) is 3. The number of ketones is 1. The summed E-state index contributed by atoms with van der Waals surface area (Å²) in [6.07, 6.45) is 3.54. The van der Waals surface area contributed by atoms with E-state index in [1.807, 2.05) is 19.1 Å². The van der Waals surface area contributed by atoms with E-state index < -0.39 is 9.84 Å². The summed E-state index contributed by atoms with van der Waals surface area (Å²) >= 11 is 0. The maximum absolute atomic E-state index is 13.2. The zero-order chi connectivity index (χ0) is 25.3. The van der Waals surface area contributed by atoms with Gasteiger partial charge >= 0.3 is 0 Å². The molecular formula is C28H25N3O4S. The van der Waals surface area contributed by atoms with Crippen molar-refractivity contribution in [2.75, 3.05) is 13.1 Å². The lowest BCUT2D eigenvalue weighted by atomic mass is 9.92. The molecule has 7 nitrogen and oxygen atoms in total. The van der Waals surface area contributed by atoms with Gasteiger partial charge < -0.3 is 4.90 Å². The number of fused-ring (bicyclic) bond motifs is 1. The first-order chi connectivity index (χ1) is 17.3. The van der Waals surface area contributed by atoms with Gasteiger partial charge in [0.05, 0.1) is 16.2 Å². The second-order valence-corrected chi connectivity index (χ2v) is 11.1. The van der Waals surface area contributed by atoms with Gasteiger partial charge in [-0.1, -0.05) is 30.3 Å². The van der Waals surface area contributed by atoms with Gasteiger partial charge in [-0.05, 0) is 54.4 Å². The van der Waals surface area contributed by atoms with E-state index >= 15 is 0 Å². The van der Waals surface area contributed by atoms with E-state index in [-0.39, 0.29) is 28.3 Å². The molecule has 0 saturated carbocycles. The number of carbonyl (C=O) groups excluding carboxylic acids is 2. The van der Waals surface area contributed by atoms with Crippen molar-refractivity contribution in [3.8, 4) is 0 Å². The van der Waals surface area contributed by atoms with Gasteiger partial charge in [-0.25, -0.2) is 8.42 Å². The Hall–Kier alpha value is -3.91. The lowest BCUT2D eigenvalue weighted by molar-refractivity contribution is 0.0468. The largest absolute Gasteiger partial charge is 0.338 e. The van der Waals surface area contributed by atoms with Gasteiger partial charge in [0, 0.05) is 48.8 Å². The summed E-state index contributed by atoms with van der Waals surface area (Å²) < 4.78 is 26.5. The molecule has 1 amide bonds. The van der Waals surface area contributed by atoms with Crippen LogP contribution in [-0.4, -0.2) is 48.1 Å². The minimum Gasteiger partial charge on any atom is -0.338 e. The summed E-state index contributed by atoms with van der Waals surface area (Å²) in [6, 6.07) is 19.1. The summed E-state index contributed by atoms with van der Waals surface area (Å²) in [6.45, 7) is 2.84. The molecule has 0 atom stereocenters. The third kappa shape index (κ3) is 4.77. The van der Waals surface area contributed by atoms with Gasteiger partial charge in [0.1, 0.15) is 5.69 Å². The van der Waals surface area contributed by atoms with Crippen molar-refractivity contribution < 1.29 is 18.0 Å². The first-order valence-corrected chi connectivity index (χ1v) is 13.4. The van der Waals surface area contributed by atoms with Gasteiger partial charge in [0.25, 0.3) is 5.91 Å². The Morgan fingerprint density at radius 3 is 2.47 bits per heavy atom. The van der Waals surface area contributed by atoms with Crippen LogP contribution < -0.4 is 0 Å². The second-order valence-electron chi connectivity index (χ2n) is 9.15. The summed E-state index contributed by atoms with van der Waals surface area (Å²) in [5.74, 6) is -0.198. The third-order valence-electron chi connectivity index (χ3n) is 6.53. The maximum Gasteiger partial charge on any atom is 0.253 e. The highest BCUT2D eigenvalue weighted by molar-refractivity contribution is 7.90. The quantitative estimate of drug-likeness (QED) is 0.353. The van der Waals surface area contributed by atoms with Crippen molar-refractivity contribution in [3.05, 3.63) is 102 Å². The van der Waals surface area contributed by atoms with Crippen molar-refractivity contribution in [2.24, 2.45) is 5.92 Å². The second kappa shape index (κ2) is 9.62. The first-order valence-electron chi connectivity index (χ1n) is 11.7. The average molecular weight is 500 g/mol. The van der Waals surface area contributed by atoms with E-state index in [0.29, 0.717) is 41.8 Å². The van der Waals surface area contributed by atoms with Crippen LogP contribution in [0.2, 0.25) is 0 Å². The molecule has 1 saturated heterocycles. The van der Waals surface area contributed by atoms with Crippen LogP contribution in [0.5, 0.6) is 0 Å². The fourth-order valence-corrected chi connectivity index (χ4v) is 6.18. The molecule has 182 valence electrons. The summed E-state index contributed by atoms with van der Waals surface area (Å²) in [5.41, 5.74) is 2.79. The van der Waals surface area contributed by atoms with Crippen LogP contribution in [0.25, 0.3) is 10.9 Å². The fraction of sp³-hybridized carbons (Fsp3) is 0.214. The predicted molar refractivity (Wildman–Crippen MR) is 136 cm³/mol. The maximum atomic E-state index is 13.2. The molecule has 0 aliphatic carbocycles. The zero-order valence-electron chi connectivity index (χ0n) is 19.8. The number of aryl methyl sites for hydroxylation is 1. The molecule has 0 radical (unpaired) electrons. The highest BCUT2D eigenvalue weighted by atomic mass is 32.2. The number of sulfone groups is 1. The van der Waals surface area contributed by atoms with Crippen LogP contribution in [-0.2, 0) is 15.6 Å². The number of carbonyl (C=O) groups is 2. The smallest absolute Gasteiger partial charge is 0.253 e. The standard InChI is InChI=1S/C28H25N3O4S/c1-19-14-22(28(33)31-16-20(17-31)15-25(32)24-8-2-3-12-29-24)10-11-23(19)18-36(34,35)26-9-4-6-21-7-5-13-30-27(21)26/h2-14,20H,15-18H2,1H3. The van der Waals surface area contributed by atoms with E-state index in [4.69, 9.17) is 0 Å². The van der Waals surface area contributed by atoms with Gasteiger partial charge in [0.2, 0.25) is 0 Å². The highest BCUT2D eigenvalue weighted by Crippen LogP contribution is 2.27. The van der Waals surface area contributed by atoms with Gasteiger partial charge in [0.15, 0.2) is 15.6 Å². The molecule has 1 aliphatic heterocycles. The number of likely N-dealkylation sites (tertiary alicyclic amines) is 1. The summed E-state index contributed by atoms with van der Waals surface area (Å²) in [7, 11) is -3.64. The molecule has 2 aromatic heterocycles. The number of hydrogen-bond acceptors (Lipinski definition) is 6. The van der Waals surface area contributed by atoms with Crippen molar-refractivity contribution in [1.82, 2.24) is 14.9 Å². The number of pyridine rings is 2. The Morgan fingerprint density at radius 2 is 1.72 bits per heavy atom. The molecule has 1 fully saturated rings. The number of para-hydroxylation sites is 1. The minimum atomic E-state index is -3.64. The number of benzene rings is 2. The predicted octanol–water partition coefficient (Wildman–Crippen LogP) is 4.26. The molecule has 0 spiro atoms. The molecule has 4 aromatic rings. The van der Waals surface area contributed by atoms with Crippen LogP contribution in [0.4, 0.5) is 0 Å². The van der Waals surface area contributed by atoms with Gasteiger partial charge in [-0.3, -0.25) is 19.6 Å². The lowest BCUT2D eigenvalue weighted by Crippen LogP contribution is -2.50. The Morgan fingerprint density at radius 1 is 0.944 bits per heavy atom. The molecule has 0 N–H and O–H groups in total. The van der Waals surface area contributed by atoms with Crippen molar-refractivity contribution in [2.45, 2.75) is 24.0 Å². The molecule has 0 unspecified atom stereocenters. The van der Waals surface area contributed by atoms with Crippen LogP contribution in [0.3, 0.4) is 0 Å². The fourth-order valence-electron chi connectivity index (χ4n) is 4.54. The zero-order valence-corrected chi connectivity index (χ0v) is 20.6. The third-order valence-corrected chi connectivity index (χ3v) is 8.23. The van der Waals surface area contributed by atoms with E-state index in [1.54, 1.807) is 71.9 Å². The molecule has 3 heterocycles. The molecule has 2 aromatic carbocycles. The first kappa shape index (κ1) is 23.8. The van der Waals surface area contributed by atoms with Crippen molar-refractivity contribution in [1.29, 1.82) is 0 Å². The Balaban J connectivity index is 1.25. The monoisotopic (exact) mass is 499 g/mol. The molecule has 0 bridgehead atoms. The number of hydrogen-bond donors (Lipinski definition) is 0. The van der Waals surface area contributed by atoms with Crippen molar-refractivity contribution >= 4 is 32.4 Å².